The van der Waals surface area contributed by atoms with Gasteiger partial charge in [0.1, 0.15) is 0 Å². The molecular formula is C27H31F3N2O2. The second-order valence-electron chi connectivity index (χ2n) is 10.3. The number of nitrogens with zero attached hydrogens (tertiary/aromatic N) is 1. The minimum absolute atomic E-state index is 0.0611. The van der Waals surface area contributed by atoms with Crippen LogP contribution >= 0.6 is 0 Å². The average Bonchev–Trinajstić information content (AvgIpc) is 3.07. The van der Waals surface area contributed by atoms with Crippen molar-refractivity contribution in [2.75, 3.05) is 18.6 Å². The maximum absolute atomic E-state index is 14.0. The Hall–Kier alpha value is -2.38. The van der Waals surface area contributed by atoms with Gasteiger partial charge in [-0.2, -0.15) is 13.2 Å². The van der Waals surface area contributed by atoms with Gasteiger partial charge in [-0.25, -0.2) is 0 Å². The lowest BCUT2D eigenvalue weighted by Gasteiger charge is -2.39. The number of amides is 1. The molecular weight excluding hydrogens is 441 g/mol. The van der Waals surface area contributed by atoms with Crippen molar-refractivity contribution in [3.8, 4) is 0 Å². The first-order chi connectivity index (χ1) is 16.2. The number of carbonyl (C=O) groups excluding carboxylic acids is 1. The maximum Gasteiger partial charge on any atom is 0.416 e. The Morgan fingerprint density at radius 2 is 1.94 bits per heavy atom. The second-order valence-corrected chi connectivity index (χ2v) is 10.3. The highest BCUT2D eigenvalue weighted by Crippen LogP contribution is 2.42. The van der Waals surface area contributed by atoms with E-state index in [2.05, 4.69) is 12.2 Å². The minimum Gasteiger partial charge on any atom is -0.381 e. The molecule has 1 N–H and O–H groups in total. The third-order valence-electron chi connectivity index (χ3n) is 7.91. The van der Waals surface area contributed by atoms with Crippen LogP contribution in [0.3, 0.4) is 0 Å². The molecule has 2 aromatic carbocycles. The number of halogens is 3. The van der Waals surface area contributed by atoms with E-state index in [9.17, 15) is 18.0 Å². The molecule has 2 aliphatic carbocycles. The molecule has 7 heteroatoms. The summed E-state index contributed by atoms with van der Waals surface area (Å²) in [5.41, 5.74) is 1.94. The van der Waals surface area contributed by atoms with Crippen LogP contribution in [0.4, 0.5) is 18.9 Å². The van der Waals surface area contributed by atoms with Gasteiger partial charge in [0.25, 0.3) is 5.91 Å². The van der Waals surface area contributed by atoms with E-state index in [1.165, 1.54) is 17.4 Å². The molecule has 0 atom stereocenters. The van der Waals surface area contributed by atoms with E-state index in [1.807, 2.05) is 18.2 Å². The molecule has 2 aromatic rings. The zero-order valence-corrected chi connectivity index (χ0v) is 19.7. The number of carbonyl (C=O) groups is 1. The molecule has 1 heterocycles. The molecule has 2 fully saturated rings. The van der Waals surface area contributed by atoms with Gasteiger partial charge in [-0.15, -0.1) is 0 Å². The zero-order valence-electron chi connectivity index (χ0n) is 19.7. The Bertz CT molecular complexity index is 1090. The van der Waals surface area contributed by atoms with Crippen LogP contribution in [0.5, 0.6) is 0 Å². The average molecular weight is 473 g/mol. The van der Waals surface area contributed by atoms with E-state index in [-0.39, 0.29) is 35.2 Å². The SMILES string of the molecule is COC1CC(c2cccc(N3Cc4c(cc(CCNC5(C)CCC5)cc4C(F)(F)F)C3=O)c2)C1. The van der Waals surface area contributed by atoms with Crippen LogP contribution in [-0.2, 0) is 23.9 Å². The van der Waals surface area contributed by atoms with Crippen molar-refractivity contribution in [3.63, 3.8) is 0 Å². The third-order valence-corrected chi connectivity index (χ3v) is 7.91. The fraction of sp³-hybridized carbons (Fsp3) is 0.519. The van der Waals surface area contributed by atoms with E-state index in [4.69, 9.17) is 4.74 Å². The molecule has 5 rings (SSSR count). The van der Waals surface area contributed by atoms with Crippen LogP contribution in [0.1, 0.15) is 77.6 Å². The van der Waals surface area contributed by atoms with Crippen LogP contribution in [0.15, 0.2) is 36.4 Å². The summed E-state index contributed by atoms with van der Waals surface area (Å²) in [7, 11) is 1.70. The highest BCUT2D eigenvalue weighted by Gasteiger charge is 2.41. The van der Waals surface area contributed by atoms with E-state index >= 15 is 0 Å². The number of nitrogens with one attached hydrogen (secondary N) is 1. The number of benzene rings is 2. The fourth-order valence-corrected chi connectivity index (χ4v) is 5.44. The van der Waals surface area contributed by atoms with Crippen LogP contribution < -0.4 is 10.2 Å². The Morgan fingerprint density at radius 1 is 1.18 bits per heavy atom. The zero-order chi connectivity index (χ0) is 24.1. The van der Waals surface area contributed by atoms with E-state index in [0.29, 0.717) is 30.1 Å². The van der Waals surface area contributed by atoms with Crippen LogP contribution in [-0.4, -0.2) is 31.2 Å². The summed E-state index contributed by atoms with van der Waals surface area (Å²) in [6.07, 6.45) is 1.39. The minimum atomic E-state index is -4.51. The number of rotatable bonds is 7. The fourth-order valence-electron chi connectivity index (χ4n) is 5.44. The number of anilines is 1. The van der Waals surface area contributed by atoms with Crippen molar-refractivity contribution < 1.29 is 22.7 Å². The van der Waals surface area contributed by atoms with Crippen molar-refractivity contribution in [2.24, 2.45) is 0 Å². The first-order valence-electron chi connectivity index (χ1n) is 12.1. The van der Waals surface area contributed by atoms with Crippen molar-refractivity contribution >= 4 is 11.6 Å². The molecule has 4 nitrogen and oxygen atoms in total. The number of ether oxygens (including phenoxy) is 1. The quantitative estimate of drug-likeness (QED) is 0.551. The summed E-state index contributed by atoms with van der Waals surface area (Å²) in [6, 6.07) is 10.5. The Morgan fingerprint density at radius 3 is 2.59 bits per heavy atom. The summed E-state index contributed by atoms with van der Waals surface area (Å²) >= 11 is 0. The molecule has 1 amide bonds. The van der Waals surface area contributed by atoms with E-state index < -0.39 is 11.7 Å². The predicted molar refractivity (Wildman–Crippen MR) is 125 cm³/mol. The van der Waals surface area contributed by atoms with Gasteiger partial charge in [0.15, 0.2) is 0 Å². The molecule has 0 bridgehead atoms. The van der Waals surface area contributed by atoms with Crippen molar-refractivity contribution in [1.29, 1.82) is 0 Å². The van der Waals surface area contributed by atoms with Gasteiger partial charge in [0.2, 0.25) is 0 Å². The van der Waals surface area contributed by atoms with Crippen molar-refractivity contribution in [1.82, 2.24) is 5.32 Å². The standard InChI is InChI=1S/C27H31F3N2O2/c1-26(8-4-9-26)31-10-7-17-11-22-23(24(12-17)27(28,29)30)16-32(25(22)33)20-6-3-5-18(13-20)19-14-21(15-19)34-2/h3,5-6,11-13,19,21,31H,4,7-10,14-16H2,1-2H3. The predicted octanol–water partition coefficient (Wildman–Crippen LogP) is 5.83. The lowest BCUT2D eigenvalue weighted by atomic mass is 9.77. The van der Waals surface area contributed by atoms with Gasteiger partial charge >= 0.3 is 6.18 Å². The number of fused-ring (bicyclic) bond motifs is 1. The van der Waals surface area contributed by atoms with Gasteiger partial charge in [0, 0.05) is 23.9 Å². The molecule has 0 unspecified atom stereocenters. The lowest BCUT2D eigenvalue weighted by Crippen LogP contribution is -2.48. The largest absolute Gasteiger partial charge is 0.416 e. The highest BCUT2D eigenvalue weighted by molar-refractivity contribution is 6.10. The van der Waals surface area contributed by atoms with Gasteiger partial charge in [-0.1, -0.05) is 12.1 Å². The summed E-state index contributed by atoms with van der Waals surface area (Å²) in [6.45, 7) is 2.68. The van der Waals surface area contributed by atoms with Gasteiger partial charge < -0.3 is 15.0 Å². The molecule has 0 aromatic heterocycles. The Balaban J connectivity index is 1.38. The normalized spacial score (nSPS) is 23.4. The molecule has 3 aliphatic rings. The molecule has 0 spiro atoms. The lowest BCUT2D eigenvalue weighted by molar-refractivity contribution is -0.138. The van der Waals surface area contributed by atoms with Gasteiger partial charge in [-0.3, -0.25) is 4.79 Å². The molecule has 34 heavy (non-hydrogen) atoms. The first kappa shape index (κ1) is 23.4. The van der Waals surface area contributed by atoms with E-state index in [1.54, 1.807) is 19.2 Å². The van der Waals surface area contributed by atoms with Gasteiger partial charge in [-0.05, 0) is 98.9 Å². The molecule has 0 radical (unpaired) electrons. The van der Waals surface area contributed by atoms with E-state index in [0.717, 1.165) is 31.2 Å². The van der Waals surface area contributed by atoms with Crippen molar-refractivity contribution in [3.05, 3.63) is 64.2 Å². The molecule has 0 saturated heterocycles. The smallest absolute Gasteiger partial charge is 0.381 e. The maximum atomic E-state index is 14.0. The number of methoxy groups -OCH3 is 1. The van der Waals surface area contributed by atoms with Gasteiger partial charge in [0.05, 0.1) is 18.2 Å². The highest BCUT2D eigenvalue weighted by atomic mass is 19.4. The molecule has 182 valence electrons. The first-order valence-corrected chi connectivity index (χ1v) is 12.1. The van der Waals surface area contributed by atoms with Crippen LogP contribution in [0.25, 0.3) is 0 Å². The molecule has 2 saturated carbocycles. The summed E-state index contributed by atoms with van der Waals surface area (Å²) in [5, 5.41) is 3.47. The molecule has 1 aliphatic heterocycles. The van der Waals surface area contributed by atoms with Crippen LogP contribution in [0, 0.1) is 0 Å². The topological polar surface area (TPSA) is 41.6 Å². The Labute approximate surface area is 198 Å². The third kappa shape index (κ3) is 4.36. The van der Waals surface area contributed by atoms with Crippen LogP contribution in [0.2, 0.25) is 0 Å². The summed E-state index contributed by atoms with van der Waals surface area (Å²) < 4.78 is 47.3. The second kappa shape index (κ2) is 8.68. The Kier molecular flexibility index (Phi) is 5.97. The number of hydrogen-bond donors (Lipinski definition) is 1. The summed E-state index contributed by atoms with van der Waals surface area (Å²) in [4.78, 5) is 14.8. The number of hydrogen-bond acceptors (Lipinski definition) is 3. The monoisotopic (exact) mass is 472 g/mol. The number of alkyl halides is 3. The summed E-state index contributed by atoms with van der Waals surface area (Å²) in [5.74, 6) is -0.00543. The van der Waals surface area contributed by atoms with Crippen molar-refractivity contribution in [2.45, 2.75) is 75.7 Å².